The summed E-state index contributed by atoms with van der Waals surface area (Å²) in [6.07, 6.45) is 1.46. The van der Waals surface area contributed by atoms with E-state index in [2.05, 4.69) is 36.0 Å². The Bertz CT molecular complexity index is 600. The molecule has 0 spiro atoms. The van der Waals surface area contributed by atoms with Crippen molar-refractivity contribution in [3.8, 4) is 5.69 Å². The van der Waals surface area contributed by atoms with Crippen molar-refractivity contribution < 1.29 is 0 Å². The number of aromatic amines is 1. The van der Waals surface area contributed by atoms with Gasteiger partial charge in [0.15, 0.2) is 0 Å². The molecule has 8 heteroatoms. The van der Waals surface area contributed by atoms with Crippen molar-refractivity contribution in [2.24, 2.45) is 0 Å². The zero-order chi connectivity index (χ0) is 12.2. The van der Waals surface area contributed by atoms with Crippen LogP contribution in [-0.4, -0.2) is 35.4 Å². The van der Waals surface area contributed by atoms with Crippen LogP contribution in [0.5, 0.6) is 0 Å². The Morgan fingerprint density at radius 1 is 1.22 bits per heavy atom. The van der Waals surface area contributed by atoms with Gasteiger partial charge in [-0.1, -0.05) is 23.3 Å². The highest BCUT2D eigenvalue weighted by molar-refractivity contribution is 5.38. The highest BCUT2D eigenvalue weighted by Gasteiger charge is 2.07. The van der Waals surface area contributed by atoms with Gasteiger partial charge in [0.05, 0.1) is 12.2 Å². The molecule has 0 aliphatic carbocycles. The number of nitrogens with one attached hydrogen (secondary N) is 2. The third-order valence-corrected chi connectivity index (χ3v) is 2.35. The van der Waals surface area contributed by atoms with E-state index < -0.39 is 0 Å². The normalized spacial score (nSPS) is 10.4. The minimum absolute atomic E-state index is 0.479. The van der Waals surface area contributed by atoms with Gasteiger partial charge in [-0.25, -0.2) is 4.98 Å². The summed E-state index contributed by atoms with van der Waals surface area (Å²) in [6.45, 7) is 0.479. The number of hydrogen-bond donors (Lipinski definition) is 2. The van der Waals surface area contributed by atoms with Crippen molar-refractivity contribution in [2.45, 2.75) is 6.54 Å². The molecule has 0 aliphatic heterocycles. The molecule has 2 heterocycles. The van der Waals surface area contributed by atoms with E-state index in [1.807, 2.05) is 30.3 Å². The lowest BCUT2D eigenvalue weighted by atomic mass is 10.3. The molecule has 2 N–H and O–H groups in total. The lowest BCUT2D eigenvalue weighted by Gasteiger charge is -2.04. The quantitative estimate of drug-likeness (QED) is 0.687. The maximum Gasteiger partial charge on any atom is 0.248 e. The first-order valence-corrected chi connectivity index (χ1v) is 5.35. The van der Waals surface area contributed by atoms with E-state index in [1.54, 1.807) is 4.68 Å². The van der Waals surface area contributed by atoms with Crippen molar-refractivity contribution in [1.82, 2.24) is 35.4 Å². The lowest BCUT2D eigenvalue weighted by Crippen LogP contribution is -2.08. The van der Waals surface area contributed by atoms with Gasteiger partial charge in [-0.2, -0.15) is 9.78 Å². The standard InChI is InChI=1S/C10H10N8/c1-2-4-8(5-3-1)18-10(15-16-17-18)11-6-9-12-7-13-14-9/h1-5,7H,6H2,(H,11,15,17)(H,12,13,14). The molecule has 1 aromatic carbocycles. The van der Waals surface area contributed by atoms with Crippen molar-refractivity contribution >= 4 is 5.95 Å². The van der Waals surface area contributed by atoms with Crippen LogP contribution in [0.4, 0.5) is 5.95 Å². The van der Waals surface area contributed by atoms with Gasteiger partial charge in [-0.15, -0.1) is 0 Å². The molecule has 0 bridgehead atoms. The summed E-state index contributed by atoms with van der Waals surface area (Å²) >= 11 is 0. The number of tetrazole rings is 1. The van der Waals surface area contributed by atoms with Gasteiger partial charge in [0.2, 0.25) is 5.95 Å². The molecular weight excluding hydrogens is 232 g/mol. The van der Waals surface area contributed by atoms with Gasteiger partial charge < -0.3 is 5.32 Å². The monoisotopic (exact) mass is 242 g/mol. The SMILES string of the molecule is c1ccc(-n2nnnc2NCc2ncn[nH]2)cc1. The van der Waals surface area contributed by atoms with E-state index in [4.69, 9.17) is 0 Å². The molecule has 3 rings (SSSR count). The Morgan fingerprint density at radius 2 is 2.11 bits per heavy atom. The summed E-state index contributed by atoms with van der Waals surface area (Å²) < 4.78 is 1.62. The third-order valence-electron chi connectivity index (χ3n) is 2.35. The fraction of sp³-hybridized carbons (Fsp3) is 0.100. The van der Waals surface area contributed by atoms with Gasteiger partial charge in [0.1, 0.15) is 12.2 Å². The molecule has 3 aromatic rings. The minimum Gasteiger partial charge on any atom is -0.345 e. The number of benzene rings is 1. The predicted octanol–water partition coefficient (Wildman–Crippen LogP) is 0.392. The van der Waals surface area contributed by atoms with Crippen LogP contribution in [0.3, 0.4) is 0 Å². The zero-order valence-electron chi connectivity index (χ0n) is 9.35. The second-order valence-electron chi connectivity index (χ2n) is 3.54. The number of para-hydroxylation sites is 1. The van der Waals surface area contributed by atoms with E-state index in [0.29, 0.717) is 12.5 Å². The molecule has 0 saturated heterocycles. The molecule has 0 aliphatic rings. The topological polar surface area (TPSA) is 97.2 Å². The largest absolute Gasteiger partial charge is 0.345 e. The Labute approximate surface area is 102 Å². The van der Waals surface area contributed by atoms with Gasteiger partial charge in [-0.3, -0.25) is 5.10 Å². The summed E-state index contributed by atoms with van der Waals surface area (Å²) in [6, 6.07) is 9.65. The number of hydrogen-bond acceptors (Lipinski definition) is 6. The van der Waals surface area contributed by atoms with Crippen LogP contribution >= 0.6 is 0 Å². The van der Waals surface area contributed by atoms with Crippen LogP contribution in [0.2, 0.25) is 0 Å². The smallest absolute Gasteiger partial charge is 0.248 e. The van der Waals surface area contributed by atoms with Gasteiger partial charge in [0.25, 0.3) is 0 Å². The molecule has 0 amide bonds. The highest BCUT2D eigenvalue weighted by atomic mass is 15.6. The Balaban J connectivity index is 1.80. The number of aromatic nitrogens is 7. The van der Waals surface area contributed by atoms with Crippen LogP contribution in [0.25, 0.3) is 5.69 Å². The molecule has 0 saturated carbocycles. The second-order valence-corrected chi connectivity index (χ2v) is 3.54. The molecule has 18 heavy (non-hydrogen) atoms. The van der Waals surface area contributed by atoms with Crippen molar-refractivity contribution in [1.29, 1.82) is 0 Å². The first-order chi connectivity index (χ1) is 8.93. The van der Waals surface area contributed by atoms with Gasteiger partial charge in [0, 0.05) is 0 Å². The number of rotatable bonds is 4. The summed E-state index contributed by atoms with van der Waals surface area (Å²) in [5.74, 6) is 1.27. The van der Waals surface area contributed by atoms with Gasteiger partial charge in [-0.05, 0) is 22.6 Å². The zero-order valence-corrected chi connectivity index (χ0v) is 9.35. The number of anilines is 1. The van der Waals surface area contributed by atoms with E-state index in [9.17, 15) is 0 Å². The van der Waals surface area contributed by atoms with E-state index >= 15 is 0 Å². The average molecular weight is 242 g/mol. The van der Waals surface area contributed by atoms with Crippen molar-refractivity contribution in [3.63, 3.8) is 0 Å². The number of nitrogens with zero attached hydrogens (tertiary/aromatic N) is 6. The summed E-state index contributed by atoms with van der Waals surface area (Å²) in [4.78, 5) is 4.01. The van der Waals surface area contributed by atoms with E-state index in [0.717, 1.165) is 11.5 Å². The number of H-pyrrole nitrogens is 1. The van der Waals surface area contributed by atoms with Crippen molar-refractivity contribution in [2.75, 3.05) is 5.32 Å². The Hall–Kier alpha value is -2.77. The van der Waals surface area contributed by atoms with Crippen LogP contribution in [0, 0.1) is 0 Å². The van der Waals surface area contributed by atoms with Crippen LogP contribution in [0.15, 0.2) is 36.7 Å². The molecule has 0 fully saturated rings. The summed E-state index contributed by atoms with van der Waals surface area (Å²) in [5.41, 5.74) is 0.891. The lowest BCUT2D eigenvalue weighted by molar-refractivity contribution is 0.788. The maximum atomic E-state index is 4.01. The van der Waals surface area contributed by atoms with Gasteiger partial charge >= 0.3 is 0 Å². The van der Waals surface area contributed by atoms with Crippen LogP contribution in [0.1, 0.15) is 5.82 Å². The molecular formula is C10H10N8. The molecule has 0 radical (unpaired) electrons. The van der Waals surface area contributed by atoms with Crippen LogP contribution < -0.4 is 5.32 Å². The highest BCUT2D eigenvalue weighted by Crippen LogP contribution is 2.10. The first kappa shape index (κ1) is 10.4. The fourth-order valence-corrected chi connectivity index (χ4v) is 1.52. The van der Waals surface area contributed by atoms with Crippen LogP contribution in [-0.2, 0) is 6.54 Å². The maximum absolute atomic E-state index is 4.01. The average Bonchev–Trinajstić information content (AvgIpc) is 3.09. The fourth-order valence-electron chi connectivity index (χ4n) is 1.52. The first-order valence-electron chi connectivity index (χ1n) is 5.35. The Kier molecular flexibility index (Phi) is 2.66. The summed E-state index contributed by atoms with van der Waals surface area (Å²) in [7, 11) is 0. The molecule has 2 aromatic heterocycles. The molecule has 8 nitrogen and oxygen atoms in total. The Morgan fingerprint density at radius 3 is 2.89 bits per heavy atom. The molecule has 90 valence electrons. The minimum atomic E-state index is 0.479. The van der Waals surface area contributed by atoms with Crippen molar-refractivity contribution in [3.05, 3.63) is 42.5 Å². The second kappa shape index (κ2) is 4.62. The molecule has 0 atom stereocenters. The third kappa shape index (κ3) is 2.03. The van der Waals surface area contributed by atoms with E-state index in [1.165, 1.54) is 6.33 Å². The van der Waals surface area contributed by atoms with E-state index in [-0.39, 0.29) is 0 Å². The predicted molar refractivity (Wildman–Crippen MR) is 62.9 cm³/mol. The molecule has 0 unspecified atom stereocenters. The summed E-state index contributed by atoms with van der Waals surface area (Å²) in [5, 5.41) is 21.1.